The van der Waals surface area contributed by atoms with Gasteiger partial charge in [-0.05, 0) is 35.9 Å². The maximum atomic E-state index is 13.6. The molecule has 2 aromatic carbocycles. The van der Waals surface area contributed by atoms with E-state index in [4.69, 9.17) is 37.9 Å². The van der Waals surface area contributed by atoms with E-state index in [0.29, 0.717) is 18.1 Å². The van der Waals surface area contributed by atoms with Gasteiger partial charge in [-0.3, -0.25) is 9.78 Å². The molecule has 36 heavy (non-hydrogen) atoms. The largest absolute Gasteiger partial charge is 0.454 e. The Hall–Kier alpha value is -3.65. The van der Waals surface area contributed by atoms with Gasteiger partial charge in [0.2, 0.25) is 5.69 Å². The Morgan fingerprint density at radius 2 is 1.97 bits per heavy atom. The second-order valence-corrected chi connectivity index (χ2v) is 9.75. The van der Waals surface area contributed by atoms with E-state index in [1.807, 2.05) is 31.0 Å². The molecule has 2 aromatic heterocycles. The van der Waals surface area contributed by atoms with Crippen LogP contribution in [0, 0.1) is 11.3 Å². The van der Waals surface area contributed by atoms with Crippen molar-refractivity contribution in [3.05, 3.63) is 78.2 Å². The first-order valence-corrected chi connectivity index (χ1v) is 11.5. The Bertz CT molecular complexity index is 1660. The number of nitriles is 1. The summed E-state index contributed by atoms with van der Waals surface area (Å²) in [4.78, 5) is 29.1. The summed E-state index contributed by atoms with van der Waals surface area (Å²) >= 11 is 12.9. The molecule has 0 saturated carbocycles. The van der Waals surface area contributed by atoms with E-state index in [2.05, 4.69) is 10.1 Å². The molecule has 4 aromatic rings. The summed E-state index contributed by atoms with van der Waals surface area (Å²) in [5, 5.41) is 13.8. The maximum Gasteiger partial charge on any atom is 0.349 e. The van der Waals surface area contributed by atoms with Crippen molar-refractivity contribution in [2.45, 2.75) is 25.4 Å². The van der Waals surface area contributed by atoms with E-state index >= 15 is 0 Å². The molecule has 1 unspecified atom stereocenters. The van der Waals surface area contributed by atoms with Gasteiger partial charge in [-0.15, -0.1) is 5.10 Å². The highest BCUT2D eigenvalue weighted by atomic mass is 35.5. The van der Waals surface area contributed by atoms with Crippen molar-refractivity contribution in [3.63, 3.8) is 0 Å². The predicted molar refractivity (Wildman–Crippen MR) is 131 cm³/mol. The van der Waals surface area contributed by atoms with Crippen LogP contribution in [0.15, 0.2) is 39.9 Å². The molecule has 12 heteroatoms. The molecule has 3 heterocycles. The van der Waals surface area contributed by atoms with Gasteiger partial charge >= 0.3 is 5.69 Å². The molecule has 0 amide bonds. The number of H-pyrrole nitrogens is 2. The van der Waals surface area contributed by atoms with Crippen LogP contribution in [0.25, 0.3) is 16.6 Å². The summed E-state index contributed by atoms with van der Waals surface area (Å²) in [7, 11) is 0. The van der Waals surface area contributed by atoms with Crippen molar-refractivity contribution in [1.29, 1.82) is 5.26 Å². The summed E-state index contributed by atoms with van der Waals surface area (Å²) in [6.07, 6.45) is -0.660. The van der Waals surface area contributed by atoms with Gasteiger partial charge in [-0.2, -0.15) is 9.94 Å². The highest BCUT2D eigenvalue weighted by molar-refractivity contribution is 6.37. The van der Waals surface area contributed by atoms with E-state index in [1.54, 1.807) is 12.1 Å². The topological polar surface area (TPSA) is 126 Å². The van der Waals surface area contributed by atoms with Crippen LogP contribution in [-0.2, 0) is 10.2 Å². The van der Waals surface area contributed by atoms with Crippen LogP contribution in [0.3, 0.4) is 0 Å². The number of hydrogen-bond acceptors (Lipinski definition) is 6. The van der Waals surface area contributed by atoms with Gasteiger partial charge in [0.15, 0.2) is 5.75 Å². The average Bonchev–Trinajstić information content (AvgIpc) is 3.22. The lowest BCUT2D eigenvalue weighted by molar-refractivity contribution is -0.00801. The molecule has 0 aliphatic carbocycles. The fraction of sp³-hybridized carbons (Fsp3) is 0.250. The molecule has 5 rings (SSSR count). The number of alkyl halides is 1. The number of aromatic amines is 2. The van der Waals surface area contributed by atoms with Crippen molar-refractivity contribution in [3.8, 4) is 23.3 Å². The minimum absolute atomic E-state index is 0.0679. The lowest BCUT2D eigenvalue weighted by Gasteiger charge is -2.34. The van der Waals surface area contributed by atoms with Crippen LogP contribution in [0.5, 0.6) is 11.5 Å². The van der Waals surface area contributed by atoms with Crippen molar-refractivity contribution in [2.24, 2.45) is 0 Å². The summed E-state index contributed by atoms with van der Waals surface area (Å²) in [6, 6.07) is 9.72. The third-order valence-corrected chi connectivity index (χ3v) is 6.53. The third-order valence-electron chi connectivity index (χ3n) is 5.96. The number of benzene rings is 2. The van der Waals surface area contributed by atoms with Gasteiger partial charge in [0, 0.05) is 16.3 Å². The zero-order chi connectivity index (χ0) is 25.8. The minimum atomic E-state index is -0.897. The van der Waals surface area contributed by atoms with Gasteiger partial charge in [-0.25, -0.2) is 9.18 Å². The molecule has 0 bridgehead atoms. The van der Waals surface area contributed by atoms with E-state index < -0.39 is 29.7 Å². The molecule has 2 N–H and O–H groups in total. The first kappa shape index (κ1) is 24.1. The zero-order valence-corrected chi connectivity index (χ0v) is 20.5. The molecule has 184 valence electrons. The van der Waals surface area contributed by atoms with Gasteiger partial charge < -0.3 is 14.5 Å². The smallest absolute Gasteiger partial charge is 0.349 e. The Morgan fingerprint density at radius 1 is 1.25 bits per heavy atom. The molecular formula is C24H18Cl2FN5O4. The summed E-state index contributed by atoms with van der Waals surface area (Å²) < 4.78 is 26.1. The standard InChI is InChI=1S/C24H18Cl2FN5O4/c1-24(2)10-35-18(8-27)20-19(24)13-7-12(3-4-16(13)29-20)36-21-14(25)5-11(6-15(21)26)32-23(34)30-22(33)17(9-28)31-32/h3-7,18,29H,8,10H2,1-2H3,(H,30,33,34). The Kier molecular flexibility index (Phi) is 5.87. The lowest BCUT2D eigenvalue weighted by atomic mass is 9.80. The van der Waals surface area contributed by atoms with Crippen molar-refractivity contribution in [2.75, 3.05) is 13.3 Å². The number of nitrogens with one attached hydrogen (secondary N) is 2. The van der Waals surface area contributed by atoms with Crippen LogP contribution in [0.2, 0.25) is 10.0 Å². The zero-order valence-electron chi connectivity index (χ0n) is 19.0. The fourth-order valence-corrected chi connectivity index (χ4v) is 4.90. The minimum Gasteiger partial charge on any atom is -0.454 e. The van der Waals surface area contributed by atoms with Crippen molar-refractivity contribution in [1.82, 2.24) is 19.7 Å². The first-order chi connectivity index (χ1) is 17.1. The maximum absolute atomic E-state index is 13.6. The van der Waals surface area contributed by atoms with Crippen LogP contribution >= 0.6 is 23.2 Å². The van der Waals surface area contributed by atoms with Gasteiger partial charge in [0.1, 0.15) is 24.6 Å². The first-order valence-electron chi connectivity index (χ1n) is 10.8. The van der Waals surface area contributed by atoms with E-state index in [9.17, 15) is 14.0 Å². The molecular weight excluding hydrogens is 512 g/mol. The number of fused-ring (bicyclic) bond motifs is 3. The second-order valence-electron chi connectivity index (χ2n) is 8.93. The number of aromatic nitrogens is 4. The van der Waals surface area contributed by atoms with Crippen molar-refractivity contribution < 1.29 is 13.9 Å². The normalized spacial score (nSPS) is 16.5. The predicted octanol–water partition coefficient (Wildman–Crippen LogP) is 4.69. The van der Waals surface area contributed by atoms with Gasteiger partial charge in [0.05, 0.1) is 28.0 Å². The highest BCUT2D eigenvalue weighted by Gasteiger charge is 2.37. The molecule has 1 aliphatic heterocycles. The van der Waals surface area contributed by atoms with Crippen molar-refractivity contribution >= 4 is 34.1 Å². The Morgan fingerprint density at radius 3 is 2.64 bits per heavy atom. The van der Waals surface area contributed by atoms with Crippen LogP contribution in [-0.4, -0.2) is 33.0 Å². The van der Waals surface area contributed by atoms with Crippen LogP contribution in [0.1, 0.15) is 36.9 Å². The van der Waals surface area contributed by atoms with E-state index in [1.165, 1.54) is 12.1 Å². The van der Waals surface area contributed by atoms with Gasteiger partial charge in [0.25, 0.3) is 5.56 Å². The molecule has 1 aliphatic rings. The number of rotatable bonds is 4. The Labute approximate surface area is 213 Å². The average molecular weight is 530 g/mol. The number of ether oxygens (including phenoxy) is 2. The fourth-order valence-electron chi connectivity index (χ4n) is 4.34. The molecule has 0 spiro atoms. The molecule has 0 fully saturated rings. The highest BCUT2D eigenvalue weighted by Crippen LogP contribution is 2.44. The monoisotopic (exact) mass is 529 g/mol. The summed E-state index contributed by atoms with van der Waals surface area (Å²) in [5.41, 5.74) is 0.00445. The Balaban J connectivity index is 1.55. The SMILES string of the molecule is CC1(C)COC(CF)c2[nH]c3ccc(Oc4c(Cl)cc(-n5nc(C#N)c(=O)[nH]c5=O)cc4Cl)cc3c21. The van der Waals surface area contributed by atoms with Crippen LogP contribution < -0.4 is 16.0 Å². The third kappa shape index (κ3) is 3.95. The van der Waals surface area contributed by atoms with E-state index in [0.717, 1.165) is 21.1 Å². The molecule has 1 atom stereocenters. The quantitative estimate of drug-likeness (QED) is 0.394. The number of hydrogen-bond donors (Lipinski definition) is 2. The summed E-state index contributed by atoms with van der Waals surface area (Å²) in [6.45, 7) is 3.79. The molecule has 0 saturated heterocycles. The molecule has 0 radical (unpaired) electrons. The second kappa shape index (κ2) is 8.78. The number of halogens is 3. The lowest BCUT2D eigenvalue weighted by Crippen LogP contribution is -2.33. The van der Waals surface area contributed by atoms with Crippen LogP contribution in [0.4, 0.5) is 4.39 Å². The summed E-state index contributed by atoms with van der Waals surface area (Å²) in [5.74, 6) is 0.569. The van der Waals surface area contributed by atoms with Gasteiger partial charge in [-0.1, -0.05) is 37.0 Å². The number of nitrogens with zero attached hydrogens (tertiary/aromatic N) is 3. The van der Waals surface area contributed by atoms with E-state index in [-0.39, 0.29) is 26.9 Å². The molecule has 9 nitrogen and oxygen atoms in total.